The van der Waals surface area contributed by atoms with Crippen molar-refractivity contribution < 1.29 is 9.18 Å². The number of likely N-dealkylation sites (tertiary alicyclic amines) is 1. The lowest BCUT2D eigenvalue weighted by Crippen LogP contribution is -2.27. The quantitative estimate of drug-likeness (QED) is 0.788. The van der Waals surface area contributed by atoms with Gasteiger partial charge in [-0.05, 0) is 68.3 Å². The van der Waals surface area contributed by atoms with Gasteiger partial charge in [0.2, 0.25) is 5.91 Å². The average Bonchev–Trinajstić information content (AvgIpc) is 3.30. The van der Waals surface area contributed by atoms with Gasteiger partial charge in [-0.15, -0.1) is 11.3 Å². The number of thiophene rings is 1. The Kier molecular flexibility index (Phi) is 5.74. The molecular weight excluding hydrogens is 373 g/mol. The summed E-state index contributed by atoms with van der Waals surface area (Å²) in [6.07, 6.45) is 6.74. The molecule has 0 saturated carbocycles. The van der Waals surface area contributed by atoms with E-state index in [0.717, 1.165) is 61.2 Å². The van der Waals surface area contributed by atoms with E-state index < -0.39 is 0 Å². The Bertz CT molecular complexity index is 900. The predicted octanol–water partition coefficient (Wildman–Crippen LogP) is 4.80. The molecule has 1 saturated heterocycles. The number of halogens is 1. The minimum absolute atomic E-state index is 0.0418. The number of hydrogen-bond acceptors (Lipinski definition) is 4. The SMILES string of the molecule is N#Cc1c(NC(=O)CCN2CCCC2c2ccc(F)cc2)sc2c1CCCC2. The van der Waals surface area contributed by atoms with Crippen LogP contribution in [0.1, 0.15) is 59.7 Å². The van der Waals surface area contributed by atoms with Gasteiger partial charge in [-0.3, -0.25) is 9.69 Å². The van der Waals surface area contributed by atoms with Crippen molar-refractivity contribution in [2.45, 2.75) is 51.0 Å². The second-order valence-electron chi connectivity index (χ2n) is 7.57. The van der Waals surface area contributed by atoms with Gasteiger partial charge in [-0.2, -0.15) is 5.26 Å². The van der Waals surface area contributed by atoms with Gasteiger partial charge in [0.25, 0.3) is 0 Å². The zero-order chi connectivity index (χ0) is 19.5. The first-order chi connectivity index (χ1) is 13.7. The van der Waals surface area contributed by atoms with Crippen molar-refractivity contribution >= 4 is 22.2 Å². The van der Waals surface area contributed by atoms with Crippen LogP contribution < -0.4 is 5.32 Å². The standard InChI is InChI=1S/C22H24FN3OS/c23-16-9-7-15(8-10-16)19-5-3-12-26(19)13-11-21(27)25-22-18(14-24)17-4-1-2-6-20(17)28-22/h7-10,19H,1-6,11-13H2,(H,25,27). The Hall–Kier alpha value is -2.23. The molecule has 0 radical (unpaired) electrons. The molecule has 28 heavy (non-hydrogen) atoms. The number of carbonyl (C=O) groups excluding carboxylic acids is 1. The molecule has 2 heterocycles. The average molecular weight is 398 g/mol. The van der Waals surface area contributed by atoms with Crippen LogP contribution in [0.25, 0.3) is 0 Å². The Labute approximate surface area is 169 Å². The Morgan fingerprint density at radius 2 is 2.04 bits per heavy atom. The number of nitrogens with zero attached hydrogens (tertiary/aromatic N) is 2. The van der Waals surface area contributed by atoms with Gasteiger partial charge >= 0.3 is 0 Å². The van der Waals surface area contributed by atoms with E-state index in [1.165, 1.54) is 17.0 Å². The number of hydrogen-bond donors (Lipinski definition) is 1. The van der Waals surface area contributed by atoms with Crippen molar-refractivity contribution in [3.8, 4) is 6.07 Å². The third-order valence-corrected chi connectivity index (χ3v) is 6.99. The van der Waals surface area contributed by atoms with E-state index in [2.05, 4.69) is 16.3 Å². The van der Waals surface area contributed by atoms with Crippen molar-refractivity contribution in [1.82, 2.24) is 4.90 Å². The number of benzene rings is 1. The highest BCUT2D eigenvalue weighted by Crippen LogP contribution is 2.38. The van der Waals surface area contributed by atoms with Crippen molar-refractivity contribution in [2.24, 2.45) is 0 Å². The van der Waals surface area contributed by atoms with E-state index >= 15 is 0 Å². The highest BCUT2D eigenvalue weighted by Gasteiger charge is 2.27. The number of fused-ring (bicyclic) bond motifs is 1. The molecule has 4 rings (SSSR count). The molecule has 0 spiro atoms. The van der Waals surface area contributed by atoms with Crippen LogP contribution in [0.4, 0.5) is 9.39 Å². The number of anilines is 1. The van der Waals surface area contributed by atoms with Gasteiger partial charge in [-0.25, -0.2) is 4.39 Å². The predicted molar refractivity (Wildman–Crippen MR) is 109 cm³/mol. The van der Waals surface area contributed by atoms with Gasteiger partial charge in [0.15, 0.2) is 0 Å². The molecule has 1 aromatic carbocycles. The number of aryl methyl sites for hydroxylation is 1. The molecule has 1 atom stereocenters. The van der Waals surface area contributed by atoms with Crippen LogP contribution in [-0.4, -0.2) is 23.9 Å². The van der Waals surface area contributed by atoms with Crippen LogP contribution in [0.3, 0.4) is 0 Å². The fourth-order valence-electron chi connectivity index (χ4n) is 4.36. The van der Waals surface area contributed by atoms with Crippen molar-refractivity contribution in [2.75, 3.05) is 18.4 Å². The number of nitriles is 1. The maximum atomic E-state index is 13.2. The first-order valence-corrected chi connectivity index (χ1v) is 10.8. The number of rotatable bonds is 5. The monoisotopic (exact) mass is 397 g/mol. The highest BCUT2D eigenvalue weighted by atomic mass is 32.1. The lowest BCUT2D eigenvalue weighted by atomic mass is 9.96. The Morgan fingerprint density at radius 1 is 1.25 bits per heavy atom. The van der Waals surface area contributed by atoms with Crippen molar-refractivity contribution in [3.05, 3.63) is 51.7 Å². The summed E-state index contributed by atoms with van der Waals surface area (Å²) in [5.41, 5.74) is 2.92. The molecule has 1 amide bonds. The summed E-state index contributed by atoms with van der Waals surface area (Å²) in [6.45, 7) is 1.62. The van der Waals surface area contributed by atoms with Gasteiger partial charge in [0.05, 0.1) is 5.56 Å². The molecule has 2 aliphatic rings. The molecule has 1 N–H and O–H groups in total. The van der Waals surface area contributed by atoms with Crippen molar-refractivity contribution in [3.63, 3.8) is 0 Å². The third-order valence-electron chi connectivity index (χ3n) is 5.78. The van der Waals surface area contributed by atoms with Gasteiger partial charge in [0.1, 0.15) is 16.9 Å². The summed E-state index contributed by atoms with van der Waals surface area (Å²) >= 11 is 1.57. The smallest absolute Gasteiger partial charge is 0.226 e. The van der Waals surface area contributed by atoms with Crippen molar-refractivity contribution in [1.29, 1.82) is 5.26 Å². The molecular formula is C22H24FN3OS. The van der Waals surface area contributed by atoms with Crippen LogP contribution in [-0.2, 0) is 17.6 Å². The van der Waals surface area contributed by atoms with E-state index in [9.17, 15) is 14.4 Å². The Balaban J connectivity index is 1.37. The van der Waals surface area contributed by atoms with E-state index in [0.29, 0.717) is 18.5 Å². The van der Waals surface area contributed by atoms with Gasteiger partial charge in [0, 0.05) is 23.9 Å². The Morgan fingerprint density at radius 3 is 2.82 bits per heavy atom. The summed E-state index contributed by atoms with van der Waals surface area (Å²) in [5, 5.41) is 13.2. The van der Waals surface area contributed by atoms with Crippen LogP contribution in [0.15, 0.2) is 24.3 Å². The topological polar surface area (TPSA) is 56.1 Å². The first-order valence-electron chi connectivity index (χ1n) is 9.99. The minimum atomic E-state index is -0.223. The molecule has 2 aromatic rings. The number of amides is 1. The molecule has 6 heteroatoms. The number of carbonyl (C=O) groups is 1. The van der Waals surface area contributed by atoms with Crippen LogP contribution in [0.5, 0.6) is 0 Å². The van der Waals surface area contributed by atoms with Crippen LogP contribution in [0.2, 0.25) is 0 Å². The summed E-state index contributed by atoms with van der Waals surface area (Å²) in [6, 6.07) is 9.22. The molecule has 146 valence electrons. The zero-order valence-electron chi connectivity index (χ0n) is 15.8. The summed E-state index contributed by atoms with van der Waals surface area (Å²) in [5.74, 6) is -0.264. The molecule has 1 fully saturated rings. The lowest BCUT2D eigenvalue weighted by Gasteiger charge is -2.24. The summed E-state index contributed by atoms with van der Waals surface area (Å²) < 4.78 is 13.2. The highest BCUT2D eigenvalue weighted by molar-refractivity contribution is 7.16. The molecule has 1 unspecified atom stereocenters. The van der Waals surface area contributed by atoms with E-state index in [4.69, 9.17) is 0 Å². The van der Waals surface area contributed by atoms with E-state index in [1.54, 1.807) is 11.3 Å². The maximum absolute atomic E-state index is 13.2. The minimum Gasteiger partial charge on any atom is -0.317 e. The first kappa shape index (κ1) is 19.1. The lowest BCUT2D eigenvalue weighted by molar-refractivity contribution is -0.116. The normalized spacial score (nSPS) is 19.2. The third kappa shape index (κ3) is 3.96. The van der Waals surface area contributed by atoms with Crippen LogP contribution >= 0.6 is 11.3 Å². The zero-order valence-corrected chi connectivity index (χ0v) is 16.7. The maximum Gasteiger partial charge on any atom is 0.226 e. The summed E-state index contributed by atoms with van der Waals surface area (Å²) in [7, 11) is 0. The summed E-state index contributed by atoms with van der Waals surface area (Å²) in [4.78, 5) is 16.1. The molecule has 4 nitrogen and oxygen atoms in total. The fraction of sp³-hybridized carbons (Fsp3) is 0.455. The van der Waals surface area contributed by atoms with Gasteiger partial charge in [-0.1, -0.05) is 12.1 Å². The molecule has 1 aliphatic heterocycles. The number of nitrogens with one attached hydrogen (secondary N) is 1. The molecule has 0 bridgehead atoms. The molecule has 1 aromatic heterocycles. The second-order valence-corrected chi connectivity index (χ2v) is 8.68. The van der Waals surface area contributed by atoms with Gasteiger partial charge < -0.3 is 5.32 Å². The fourth-order valence-corrected chi connectivity index (χ4v) is 5.62. The second kappa shape index (κ2) is 8.42. The van der Waals surface area contributed by atoms with E-state index in [-0.39, 0.29) is 17.8 Å². The van der Waals surface area contributed by atoms with Crippen LogP contribution in [0, 0.1) is 17.1 Å². The largest absolute Gasteiger partial charge is 0.317 e. The van der Waals surface area contributed by atoms with E-state index in [1.807, 2.05) is 12.1 Å². The molecule has 1 aliphatic carbocycles.